The van der Waals surface area contributed by atoms with Crippen LogP contribution in [0, 0.1) is 0 Å². The van der Waals surface area contributed by atoms with E-state index < -0.39 is 12.0 Å². The van der Waals surface area contributed by atoms with Crippen LogP contribution < -0.4 is 16.0 Å². The zero-order valence-corrected chi connectivity index (χ0v) is 19.8. The van der Waals surface area contributed by atoms with E-state index in [0.717, 1.165) is 30.6 Å². The SMILES string of the molecule is O=C(CNC(=O)c1cccs1)NC(c1cccs1)C(C(=O)NC1CCCCC1)c1ccco1. The van der Waals surface area contributed by atoms with Gasteiger partial charge in [0, 0.05) is 10.9 Å². The van der Waals surface area contributed by atoms with Crippen molar-refractivity contribution in [3.05, 3.63) is 68.9 Å². The normalized spacial score (nSPS) is 16.0. The van der Waals surface area contributed by atoms with Crippen molar-refractivity contribution in [2.75, 3.05) is 6.54 Å². The first kappa shape index (κ1) is 23.3. The second-order valence-corrected chi connectivity index (χ2v) is 9.98. The number of furan rings is 1. The Morgan fingerprint density at radius 2 is 1.79 bits per heavy atom. The lowest BCUT2D eigenvalue weighted by molar-refractivity contribution is -0.125. The smallest absolute Gasteiger partial charge is 0.261 e. The molecule has 33 heavy (non-hydrogen) atoms. The average Bonchev–Trinajstić information content (AvgIpc) is 3.61. The molecule has 1 saturated carbocycles. The summed E-state index contributed by atoms with van der Waals surface area (Å²) in [5.74, 6) is -1.08. The number of hydrogen-bond donors (Lipinski definition) is 3. The zero-order chi connectivity index (χ0) is 23.0. The third kappa shape index (κ3) is 6.11. The van der Waals surface area contributed by atoms with Gasteiger partial charge in [0.05, 0.1) is 23.7 Å². The van der Waals surface area contributed by atoms with Crippen molar-refractivity contribution < 1.29 is 18.8 Å². The van der Waals surface area contributed by atoms with Gasteiger partial charge in [0.2, 0.25) is 11.8 Å². The van der Waals surface area contributed by atoms with Crippen LogP contribution in [0.1, 0.15) is 64.4 Å². The minimum atomic E-state index is -0.725. The molecule has 174 valence electrons. The van der Waals surface area contributed by atoms with Crippen molar-refractivity contribution in [2.45, 2.75) is 50.1 Å². The van der Waals surface area contributed by atoms with Crippen LogP contribution in [0.15, 0.2) is 57.8 Å². The summed E-state index contributed by atoms with van der Waals surface area (Å²) in [7, 11) is 0. The van der Waals surface area contributed by atoms with Crippen LogP contribution in [0.3, 0.4) is 0 Å². The van der Waals surface area contributed by atoms with E-state index in [2.05, 4.69) is 16.0 Å². The molecule has 0 aliphatic heterocycles. The molecule has 4 rings (SSSR count). The van der Waals surface area contributed by atoms with E-state index in [1.165, 1.54) is 35.4 Å². The fraction of sp³-hybridized carbons (Fsp3) is 0.375. The van der Waals surface area contributed by atoms with E-state index in [4.69, 9.17) is 4.42 Å². The molecular formula is C24H27N3O4S2. The summed E-state index contributed by atoms with van der Waals surface area (Å²) in [5.41, 5.74) is 0. The largest absolute Gasteiger partial charge is 0.468 e. The molecule has 1 aliphatic rings. The monoisotopic (exact) mass is 485 g/mol. The second-order valence-electron chi connectivity index (χ2n) is 8.06. The summed E-state index contributed by atoms with van der Waals surface area (Å²) in [5, 5.41) is 12.5. The summed E-state index contributed by atoms with van der Waals surface area (Å²) in [4.78, 5) is 39.9. The van der Waals surface area contributed by atoms with E-state index in [1.54, 1.807) is 29.6 Å². The predicted molar refractivity (Wildman–Crippen MR) is 128 cm³/mol. The Balaban J connectivity index is 1.50. The van der Waals surface area contributed by atoms with Gasteiger partial charge in [0.25, 0.3) is 5.91 Å². The van der Waals surface area contributed by atoms with Gasteiger partial charge in [0.15, 0.2) is 0 Å². The van der Waals surface area contributed by atoms with Gasteiger partial charge in [-0.3, -0.25) is 14.4 Å². The minimum absolute atomic E-state index is 0.133. The van der Waals surface area contributed by atoms with Crippen LogP contribution >= 0.6 is 22.7 Å². The number of amides is 3. The molecule has 7 nitrogen and oxygen atoms in total. The Labute approximate surface area is 200 Å². The molecule has 9 heteroatoms. The summed E-state index contributed by atoms with van der Waals surface area (Å²) in [6, 6.07) is 10.3. The standard InChI is InChI=1S/C24H27N3O4S2/c28-20(15-25-23(29)19-11-6-14-33-19)27-22(18-10-5-13-32-18)21(17-9-4-12-31-17)24(30)26-16-7-2-1-3-8-16/h4-6,9-14,16,21-22H,1-3,7-8,15H2,(H,25,29)(H,26,30)(H,27,28). The van der Waals surface area contributed by atoms with Gasteiger partial charge in [-0.05, 0) is 47.9 Å². The molecule has 3 N–H and O–H groups in total. The summed E-state index contributed by atoms with van der Waals surface area (Å²) >= 11 is 2.77. The molecule has 0 bridgehead atoms. The van der Waals surface area contributed by atoms with Crippen molar-refractivity contribution in [2.24, 2.45) is 0 Å². The molecule has 2 unspecified atom stereocenters. The molecule has 3 aromatic rings. The highest BCUT2D eigenvalue weighted by molar-refractivity contribution is 7.12. The number of carbonyl (C=O) groups is 3. The Kier molecular flexibility index (Phi) is 7.96. The Morgan fingerprint density at radius 3 is 2.45 bits per heavy atom. The first-order valence-electron chi connectivity index (χ1n) is 11.1. The lowest BCUT2D eigenvalue weighted by Gasteiger charge is -2.29. The maximum atomic E-state index is 13.5. The summed E-state index contributed by atoms with van der Waals surface area (Å²) in [6.45, 7) is -0.187. The molecule has 0 aromatic carbocycles. The molecule has 0 radical (unpaired) electrons. The van der Waals surface area contributed by atoms with Crippen LogP contribution in [0.25, 0.3) is 0 Å². The number of hydrogen-bond acceptors (Lipinski definition) is 6. The van der Waals surface area contributed by atoms with Gasteiger partial charge < -0.3 is 20.4 Å². The van der Waals surface area contributed by atoms with Gasteiger partial charge in [-0.25, -0.2) is 0 Å². The molecule has 3 heterocycles. The summed E-state index contributed by atoms with van der Waals surface area (Å²) < 4.78 is 5.64. The van der Waals surface area contributed by atoms with Gasteiger partial charge in [-0.1, -0.05) is 31.4 Å². The van der Waals surface area contributed by atoms with Crippen LogP contribution in [-0.4, -0.2) is 30.3 Å². The highest BCUT2D eigenvalue weighted by atomic mass is 32.1. The van der Waals surface area contributed by atoms with Crippen molar-refractivity contribution in [3.63, 3.8) is 0 Å². The van der Waals surface area contributed by atoms with Gasteiger partial charge >= 0.3 is 0 Å². The first-order valence-corrected chi connectivity index (χ1v) is 12.9. The average molecular weight is 486 g/mol. The molecule has 0 spiro atoms. The van der Waals surface area contributed by atoms with E-state index >= 15 is 0 Å². The molecule has 1 aliphatic carbocycles. The van der Waals surface area contributed by atoms with Crippen molar-refractivity contribution in [1.82, 2.24) is 16.0 Å². The van der Waals surface area contributed by atoms with Crippen molar-refractivity contribution >= 4 is 40.4 Å². The first-order chi connectivity index (χ1) is 16.1. The molecule has 0 saturated heterocycles. The van der Waals surface area contributed by atoms with Crippen molar-refractivity contribution in [3.8, 4) is 0 Å². The minimum Gasteiger partial charge on any atom is -0.468 e. The fourth-order valence-electron chi connectivity index (χ4n) is 4.12. The number of carbonyl (C=O) groups excluding carboxylic acids is 3. The number of rotatable bonds is 9. The third-order valence-corrected chi connectivity index (χ3v) is 7.56. The van der Waals surface area contributed by atoms with E-state index in [1.807, 2.05) is 17.5 Å². The Morgan fingerprint density at radius 1 is 1.00 bits per heavy atom. The molecule has 3 amide bonds. The predicted octanol–water partition coefficient (Wildman–Crippen LogP) is 4.22. The zero-order valence-electron chi connectivity index (χ0n) is 18.1. The maximum Gasteiger partial charge on any atom is 0.261 e. The lowest BCUT2D eigenvalue weighted by Crippen LogP contribution is -2.45. The van der Waals surface area contributed by atoms with Crippen molar-refractivity contribution in [1.29, 1.82) is 0 Å². The Hall–Kier alpha value is -2.91. The highest BCUT2D eigenvalue weighted by Crippen LogP contribution is 2.34. The fourth-order valence-corrected chi connectivity index (χ4v) is 5.57. The highest BCUT2D eigenvalue weighted by Gasteiger charge is 2.36. The second kappa shape index (κ2) is 11.3. The van der Waals surface area contributed by atoms with Gasteiger partial charge in [-0.2, -0.15) is 0 Å². The van der Waals surface area contributed by atoms with Crippen LogP contribution in [0.5, 0.6) is 0 Å². The van der Waals surface area contributed by atoms with Crippen LogP contribution in [-0.2, 0) is 9.59 Å². The molecule has 1 fully saturated rings. The van der Waals surface area contributed by atoms with E-state index in [9.17, 15) is 14.4 Å². The van der Waals surface area contributed by atoms with E-state index in [0.29, 0.717) is 10.6 Å². The molecule has 3 aromatic heterocycles. The number of thiophene rings is 2. The van der Waals surface area contributed by atoms with Crippen LogP contribution in [0.4, 0.5) is 0 Å². The lowest BCUT2D eigenvalue weighted by atomic mass is 9.91. The molecular weight excluding hydrogens is 458 g/mol. The maximum absolute atomic E-state index is 13.5. The molecule has 2 atom stereocenters. The third-order valence-electron chi connectivity index (χ3n) is 5.74. The van der Waals surface area contributed by atoms with Crippen LogP contribution in [0.2, 0.25) is 0 Å². The number of nitrogens with one attached hydrogen (secondary N) is 3. The van der Waals surface area contributed by atoms with Gasteiger partial charge in [-0.15, -0.1) is 22.7 Å². The van der Waals surface area contributed by atoms with Gasteiger partial charge in [0.1, 0.15) is 11.7 Å². The quantitative estimate of drug-likeness (QED) is 0.422. The Bertz CT molecular complexity index is 1030. The summed E-state index contributed by atoms with van der Waals surface area (Å²) in [6.07, 6.45) is 6.85. The topological polar surface area (TPSA) is 100 Å². The van der Waals surface area contributed by atoms with E-state index in [-0.39, 0.29) is 30.3 Å².